The molecule has 3 fully saturated rings. The average molecular weight is 381 g/mol. The summed E-state index contributed by atoms with van der Waals surface area (Å²) in [6.45, 7) is 2.61. The molecular weight excluding hydrogens is 348 g/mol. The van der Waals surface area contributed by atoms with E-state index in [1.165, 1.54) is 36.8 Å². The molecule has 4 aliphatic rings. The van der Waals surface area contributed by atoms with Crippen molar-refractivity contribution in [2.45, 2.75) is 69.1 Å². The van der Waals surface area contributed by atoms with Gasteiger partial charge in [0.25, 0.3) is 0 Å². The van der Waals surface area contributed by atoms with Crippen molar-refractivity contribution in [1.29, 1.82) is 0 Å². The Morgan fingerprint density at radius 2 is 1.71 bits per heavy atom. The molecular formula is C24H32N2O2. The molecule has 1 aliphatic heterocycles. The molecule has 0 radical (unpaired) electrons. The van der Waals surface area contributed by atoms with E-state index < -0.39 is 0 Å². The van der Waals surface area contributed by atoms with Crippen LogP contribution in [0.3, 0.4) is 0 Å². The number of carbonyl (C=O) groups is 2. The lowest BCUT2D eigenvalue weighted by atomic mass is 9.73. The number of piperidine rings is 1. The van der Waals surface area contributed by atoms with Gasteiger partial charge in [-0.2, -0.15) is 0 Å². The van der Waals surface area contributed by atoms with Gasteiger partial charge in [0.1, 0.15) is 0 Å². The predicted octanol–water partition coefficient (Wildman–Crippen LogP) is 3.75. The van der Waals surface area contributed by atoms with Crippen LogP contribution in [0.2, 0.25) is 0 Å². The van der Waals surface area contributed by atoms with Gasteiger partial charge in [-0.3, -0.25) is 9.59 Å². The number of amides is 2. The Morgan fingerprint density at radius 3 is 2.43 bits per heavy atom. The lowest BCUT2D eigenvalue weighted by Crippen LogP contribution is -2.44. The number of nitrogens with zero attached hydrogens (tertiary/aromatic N) is 1. The van der Waals surface area contributed by atoms with Gasteiger partial charge in [-0.25, -0.2) is 0 Å². The Hall–Kier alpha value is -1.84. The van der Waals surface area contributed by atoms with Crippen molar-refractivity contribution >= 4 is 11.8 Å². The maximum absolute atomic E-state index is 12.5. The third kappa shape index (κ3) is 3.70. The Labute approximate surface area is 168 Å². The van der Waals surface area contributed by atoms with E-state index in [-0.39, 0.29) is 11.3 Å². The van der Waals surface area contributed by atoms with E-state index in [9.17, 15) is 9.59 Å². The van der Waals surface area contributed by atoms with E-state index in [2.05, 4.69) is 34.5 Å². The molecule has 1 spiro atoms. The first-order chi connectivity index (χ1) is 13.6. The van der Waals surface area contributed by atoms with Crippen molar-refractivity contribution in [2.24, 2.45) is 11.8 Å². The maximum atomic E-state index is 12.5. The van der Waals surface area contributed by atoms with E-state index in [0.29, 0.717) is 24.2 Å². The fourth-order valence-corrected chi connectivity index (χ4v) is 5.44. The number of rotatable bonds is 6. The Kier molecular flexibility index (Phi) is 4.68. The molecule has 1 aromatic rings. The molecule has 3 aliphatic carbocycles. The molecule has 2 amide bonds. The standard InChI is InChI=1S/C24H32N2O2/c27-22(25-16-18-7-8-18)14-19-15-24(21-4-2-1-3-20(19)21)9-11-26(12-10-24)23(28)13-17-5-6-17/h1-4,17-19H,5-16H2,(H,25,27). The highest BCUT2D eigenvalue weighted by Gasteiger charge is 2.46. The number of carbonyl (C=O) groups excluding carboxylic acids is 2. The number of benzene rings is 1. The third-order valence-electron chi connectivity index (χ3n) is 7.56. The fraction of sp³-hybridized carbons (Fsp3) is 0.667. The van der Waals surface area contributed by atoms with Crippen LogP contribution in [0.1, 0.15) is 74.8 Å². The topological polar surface area (TPSA) is 49.4 Å². The minimum Gasteiger partial charge on any atom is -0.356 e. The number of likely N-dealkylation sites (tertiary alicyclic amines) is 1. The summed E-state index contributed by atoms with van der Waals surface area (Å²) in [7, 11) is 0. The van der Waals surface area contributed by atoms with Crippen LogP contribution in [-0.4, -0.2) is 36.3 Å². The summed E-state index contributed by atoms with van der Waals surface area (Å²) in [5.41, 5.74) is 2.99. The summed E-state index contributed by atoms with van der Waals surface area (Å²) in [6.07, 6.45) is 9.53. The highest BCUT2D eigenvalue weighted by molar-refractivity contribution is 5.78. The molecule has 28 heavy (non-hydrogen) atoms. The van der Waals surface area contributed by atoms with Crippen LogP contribution in [-0.2, 0) is 15.0 Å². The molecule has 1 unspecified atom stereocenters. The van der Waals surface area contributed by atoms with Crippen molar-refractivity contribution < 1.29 is 9.59 Å². The predicted molar refractivity (Wildman–Crippen MR) is 109 cm³/mol. The van der Waals surface area contributed by atoms with E-state index in [4.69, 9.17) is 0 Å². The van der Waals surface area contributed by atoms with Gasteiger partial charge >= 0.3 is 0 Å². The van der Waals surface area contributed by atoms with Gasteiger partial charge in [-0.1, -0.05) is 24.3 Å². The second kappa shape index (κ2) is 7.20. The SMILES string of the molecule is O=C(CC1CC2(CCN(C(=O)CC3CC3)CC2)c2ccccc21)NCC1CC1. The third-order valence-corrected chi connectivity index (χ3v) is 7.56. The molecule has 1 aromatic carbocycles. The molecule has 150 valence electrons. The quantitative estimate of drug-likeness (QED) is 0.817. The summed E-state index contributed by atoms with van der Waals surface area (Å²) < 4.78 is 0. The normalized spacial score (nSPS) is 25.6. The first-order valence-corrected chi connectivity index (χ1v) is 11.3. The van der Waals surface area contributed by atoms with Gasteiger partial charge in [-0.15, -0.1) is 0 Å². The zero-order valence-corrected chi connectivity index (χ0v) is 16.8. The molecule has 4 heteroatoms. The second-order valence-electron chi connectivity index (χ2n) is 9.75. The molecule has 4 nitrogen and oxygen atoms in total. The smallest absolute Gasteiger partial charge is 0.222 e. The van der Waals surface area contributed by atoms with Gasteiger partial charge in [0, 0.05) is 32.5 Å². The molecule has 1 heterocycles. The number of nitrogens with one attached hydrogen (secondary N) is 1. The highest BCUT2D eigenvalue weighted by atomic mass is 16.2. The van der Waals surface area contributed by atoms with Crippen LogP contribution in [0, 0.1) is 11.8 Å². The van der Waals surface area contributed by atoms with Crippen molar-refractivity contribution in [1.82, 2.24) is 10.2 Å². The van der Waals surface area contributed by atoms with Crippen LogP contribution in [0.25, 0.3) is 0 Å². The molecule has 2 saturated carbocycles. The molecule has 5 rings (SSSR count). The second-order valence-corrected chi connectivity index (χ2v) is 9.75. The Bertz CT molecular complexity index is 758. The van der Waals surface area contributed by atoms with Gasteiger partial charge in [0.15, 0.2) is 0 Å². The minimum absolute atomic E-state index is 0.161. The average Bonchev–Trinajstić information content (AvgIpc) is 3.62. The van der Waals surface area contributed by atoms with Gasteiger partial charge in [0.05, 0.1) is 0 Å². The zero-order chi connectivity index (χ0) is 19.1. The lowest BCUT2D eigenvalue weighted by molar-refractivity contribution is -0.133. The summed E-state index contributed by atoms with van der Waals surface area (Å²) >= 11 is 0. The molecule has 1 atom stereocenters. The highest BCUT2D eigenvalue weighted by Crippen LogP contribution is 2.52. The van der Waals surface area contributed by atoms with Crippen molar-refractivity contribution in [3.05, 3.63) is 35.4 Å². The minimum atomic E-state index is 0.161. The van der Waals surface area contributed by atoms with E-state index in [0.717, 1.165) is 51.2 Å². The molecule has 0 bridgehead atoms. The van der Waals surface area contributed by atoms with Gasteiger partial charge in [-0.05, 0) is 79.2 Å². The van der Waals surface area contributed by atoms with Crippen LogP contribution in [0.15, 0.2) is 24.3 Å². The summed E-state index contributed by atoms with van der Waals surface area (Å²) in [5.74, 6) is 2.28. The number of hydrogen-bond donors (Lipinski definition) is 1. The van der Waals surface area contributed by atoms with E-state index >= 15 is 0 Å². The van der Waals surface area contributed by atoms with Crippen molar-refractivity contribution in [3.8, 4) is 0 Å². The van der Waals surface area contributed by atoms with Crippen LogP contribution < -0.4 is 5.32 Å². The number of fused-ring (bicyclic) bond motifs is 2. The first kappa shape index (κ1) is 18.2. The Morgan fingerprint density at radius 1 is 1.00 bits per heavy atom. The summed E-state index contributed by atoms with van der Waals surface area (Å²) in [5, 5.41) is 3.15. The van der Waals surface area contributed by atoms with E-state index in [1.54, 1.807) is 0 Å². The van der Waals surface area contributed by atoms with Crippen LogP contribution >= 0.6 is 0 Å². The largest absolute Gasteiger partial charge is 0.356 e. The zero-order valence-electron chi connectivity index (χ0n) is 16.8. The van der Waals surface area contributed by atoms with Crippen molar-refractivity contribution in [2.75, 3.05) is 19.6 Å². The molecule has 1 N–H and O–H groups in total. The van der Waals surface area contributed by atoms with Gasteiger partial charge in [0.2, 0.25) is 11.8 Å². The van der Waals surface area contributed by atoms with Crippen LogP contribution in [0.5, 0.6) is 0 Å². The molecule has 1 saturated heterocycles. The lowest BCUT2D eigenvalue weighted by Gasteiger charge is -2.40. The summed E-state index contributed by atoms with van der Waals surface area (Å²) in [6, 6.07) is 8.76. The maximum Gasteiger partial charge on any atom is 0.222 e. The number of hydrogen-bond acceptors (Lipinski definition) is 2. The van der Waals surface area contributed by atoms with Crippen LogP contribution in [0.4, 0.5) is 0 Å². The first-order valence-electron chi connectivity index (χ1n) is 11.3. The fourth-order valence-electron chi connectivity index (χ4n) is 5.44. The van der Waals surface area contributed by atoms with Gasteiger partial charge < -0.3 is 10.2 Å². The van der Waals surface area contributed by atoms with Crippen molar-refractivity contribution in [3.63, 3.8) is 0 Å². The summed E-state index contributed by atoms with van der Waals surface area (Å²) in [4.78, 5) is 27.1. The monoisotopic (exact) mass is 380 g/mol. The van der Waals surface area contributed by atoms with E-state index in [1.807, 2.05) is 0 Å². The molecule has 0 aromatic heterocycles. The Balaban J connectivity index is 1.25.